The molecule has 1 aromatic carbocycles. The summed E-state index contributed by atoms with van der Waals surface area (Å²) in [6, 6.07) is 9.11. The number of pyridine rings is 1. The van der Waals surface area contributed by atoms with E-state index in [2.05, 4.69) is 4.98 Å². The molecule has 1 aromatic heterocycles. The van der Waals surface area contributed by atoms with E-state index < -0.39 is 11.4 Å². The molecule has 0 saturated carbocycles. The Morgan fingerprint density at radius 2 is 2.23 bits per heavy atom. The average Bonchev–Trinajstić information content (AvgIpc) is 3.03. The zero-order chi connectivity index (χ0) is 18.1. The number of ether oxygens (including phenoxy) is 2. The van der Waals surface area contributed by atoms with Gasteiger partial charge in [0, 0.05) is 24.3 Å². The number of nitrogens with zero attached hydrogens (tertiary/aromatic N) is 2. The van der Waals surface area contributed by atoms with E-state index in [-0.39, 0.29) is 23.5 Å². The Bertz CT molecular complexity index is 823. The maximum absolute atomic E-state index is 13.6. The predicted octanol–water partition coefficient (Wildman–Crippen LogP) is 2.24. The number of aromatic nitrogens is 1. The maximum Gasteiger partial charge on any atom is 0.254 e. The standard InChI is InChI=1S/C19H19FN2O4/c20-16-5-2-7-21-17(16)25-10-14-6-8-26-19(14)11-22(12-19)18(24)13-3-1-4-15(23)9-13/h1-5,7,9,14,23H,6,8,10-12H2/t14-/m0/s1. The highest BCUT2D eigenvalue weighted by Gasteiger charge is 2.54. The van der Waals surface area contributed by atoms with Crippen molar-refractivity contribution >= 4 is 5.91 Å². The average molecular weight is 358 g/mol. The summed E-state index contributed by atoms with van der Waals surface area (Å²) in [4.78, 5) is 18.1. The molecule has 26 heavy (non-hydrogen) atoms. The molecule has 2 aliphatic heterocycles. The Labute approximate surface area is 150 Å². The van der Waals surface area contributed by atoms with Gasteiger partial charge in [-0.3, -0.25) is 4.79 Å². The van der Waals surface area contributed by atoms with Gasteiger partial charge >= 0.3 is 0 Å². The van der Waals surface area contributed by atoms with Crippen LogP contribution in [0.5, 0.6) is 11.6 Å². The summed E-state index contributed by atoms with van der Waals surface area (Å²) in [7, 11) is 0. The van der Waals surface area contributed by atoms with Crippen LogP contribution in [0.4, 0.5) is 4.39 Å². The first kappa shape index (κ1) is 16.8. The van der Waals surface area contributed by atoms with Crippen molar-refractivity contribution in [3.8, 4) is 11.6 Å². The maximum atomic E-state index is 13.6. The van der Waals surface area contributed by atoms with Crippen LogP contribution in [0.15, 0.2) is 42.6 Å². The molecule has 1 amide bonds. The molecule has 7 heteroatoms. The molecule has 1 spiro atoms. The highest BCUT2D eigenvalue weighted by molar-refractivity contribution is 5.95. The third-order valence-corrected chi connectivity index (χ3v) is 5.04. The molecule has 0 unspecified atom stereocenters. The van der Waals surface area contributed by atoms with Gasteiger partial charge in [0.15, 0.2) is 5.82 Å². The van der Waals surface area contributed by atoms with Gasteiger partial charge in [-0.2, -0.15) is 0 Å². The van der Waals surface area contributed by atoms with Crippen LogP contribution < -0.4 is 4.74 Å². The highest BCUT2D eigenvalue weighted by Crippen LogP contribution is 2.40. The topological polar surface area (TPSA) is 71.9 Å². The fourth-order valence-corrected chi connectivity index (χ4v) is 3.59. The number of rotatable bonds is 4. The lowest BCUT2D eigenvalue weighted by molar-refractivity contribution is -0.122. The molecule has 0 bridgehead atoms. The number of likely N-dealkylation sites (tertiary alicyclic amines) is 1. The molecule has 6 nitrogen and oxygen atoms in total. The van der Waals surface area contributed by atoms with E-state index >= 15 is 0 Å². The van der Waals surface area contributed by atoms with E-state index in [1.54, 1.807) is 17.0 Å². The molecule has 0 radical (unpaired) electrons. The molecule has 2 aromatic rings. The van der Waals surface area contributed by atoms with E-state index in [0.717, 1.165) is 6.42 Å². The van der Waals surface area contributed by atoms with Crippen molar-refractivity contribution in [2.45, 2.75) is 12.0 Å². The van der Waals surface area contributed by atoms with Gasteiger partial charge < -0.3 is 19.5 Å². The number of phenols is 1. The minimum Gasteiger partial charge on any atom is -0.508 e. The summed E-state index contributed by atoms with van der Waals surface area (Å²) < 4.78 is 25.1. The summed E-state index contributed by atoms with van der Waals surface area (Å²) in [5.41, 5.74) is -0.00113. The van der Waals surface area contributed by atoms with Crippen molar-refractivity contribution < 1.29 is 23.8 Å². The molecule has 3 heterocycles. The molecular formula is C19H19FN2O4. The lowest BCUT2D eigenvalue weighted by Gasteiger charge is -2.50. The van der Waals surface area contributed by atoms with Gasteiger partial charge in [0.05, 0.1) is 19.7 Å². The fraction of sp³-hybridized carbons (Fsp3) is 0.368. The number of hydrogen-bond donors (Lipinski definition) is 1. The van der Waals surface area contributed by atoms with Gasteiger partial charge in [-0.25, -0.2) is 9.37 Å². The Morgan fingerprint density at radius 3 is 3.00 bits per heavy atom. The molecular weight excluding hydrogens is 339 g/mol. The zero-order valence-electron chi connectivity index (χ0n) is 14.1. The Kier molecular flexibility index (Phi) is 4.24. The number of aromatic hydroxyl groups is 1. The van der Waals surface area contributed by atoms with E-state index in [0.29, 0.717) is 31.9 Å². The van der Waals surface area contributed by atoms with Crippen molar-refractivity contribution in [1.82, 2.24) is 9.88 Å². The van der Waals surface area contributed by atoms with Gasteiger partial charge in [0.1, 0.15) is 11.4 Å². The first-order valence-corrected chi connectivity index (χ1v) is 8.53. The molecule has 2 saturated heterocycles. The summed E-state index contributed by atoms with van der Waals surface area (Å²) in [5, 5.41) is 9.53. The Morgan fingerprint density at radius 1 is 1.38 bits per heavy atom. The molecule has 136 valence electrons. The lowest BCUT2D eigenvalue weighted by atomic mass is 9.81. The minimum atomic E-state index is -0.491. The first-order chi connectivity index (χ1) is 12.6. The minimum absolute atomic E-state index is 0.0124. The quantitative estimate of drug-likeness (QED) is 0.908. The van der Waals surface area contributed by atoms with Crippen molar-refractivity contribution in [1.29, 1.82) is 0 Å². The van der Waals surface area contributed by atoms with Crippen molar-refractivity contribution in [3.63, 3.8) is 0 Å². The van der Waals surface area contributed by atoms with Crippen LogP contribution in [0.2, 0.25) is 0 Å². The second kappa shape index (κ2) is 6.57. The van der Waals surface area contributed by atoms with Crippen LogP contribution in [0.3, 0.4) is 0 Å². The highest BCUT2D eigenvalue weighted by atomic mass is 19.1. The SMILES string of the molecule is O=C(c1cccc(O)c1)N1CC2(C1)OCC[C@H]2COc1ncccc1F. The largest absolute Gasteiger partial charge is 0.508 e. The number of amides is 1. The van der Waals surface area contributed by atoms with Gasteiger partial charge in [-0.1, -0.05) is 6.07 Å². The van der Waals surface area contributed by atoms with Crippen molar-refractivity contribution in [3.05, 3.63) is 54.0 Å². The van der Waals surface area contributed by atoms with Crippen LogP contribution in [0.1, 0.15) is 16.8 Å². The molecule has 0 aliphatic carbocycles. The number of halogens is 1. The van der Waals surface area contributed by atoms with Crippen LogP contribution in [-0.2, 0) is 4.74 Å². The smallest absolute Gasteiger partial charge is 0.254 e. The van der Waals surface area contributed by atoms with Crippen LogP contribution >= 0.6 is 0 Å². The third-order valence-electron chi connectivity index (χ3n) is 5.04. The van der Waals surface area contributed by atoms with Gasteiger partial charge in [-0.05, 0) is 36.8 Å². The van der Waals surface area contributed by atoms with Crippen molar-refractivity contribution in [2.24, 2.45) is 5.92 Å². The fourth-order valence-electron chi connectivity index (χ4n) is 3.59. The zero-order valence-corrected chi connectivity index (χ0v) is 14.1. The summed E-state index contributed by atoms with van der Waals surface area (Å²) in [6.07, 6.45) is 2.28. The first-order valence-electron chi connectivity index (χ1n) is 8.53. The van der Waals surface area contributed by atoms with Crippen LogP contribution in [-0.4, -0.2) is 52.8 Å². The predicted molar refractivity (Wildman–Crippen MR) is 90.5 cm³/mol. The second-order valence-corrected chi connectivity index (χ2v) is 6.71. The monoisotopic (exact) mass is 358 g/mol. The molecule has 1 N–H and O–H groups in total. The van der Waals surface area contributed by atoms with Gasteiger partial charge in [-0.15, -0.1) is 0 Å². The van der Waals surface area contributed by atoms with Crippen LogP contribution in [0, 0.1) is 11.7 Å². The molecule has 1 atom stereocenters. The number of benzene rings is 1. The van der Waals surface area contributed by atoms with Gasteiger partial charge in [0.25, 0.3) is 5.91 Å². The lowest BCUT2D eigenvalue weighted by Crippen LogP contribution is -2.66. The Balaban J connectivity index is 1.39. The van der Waals surface area contributed by atoms with E-state index in [1.165, 1.54) is 30.5 Å². The second-order valence-electron chi connectivity index (χ2n) is 6.71. The van der Waals surface area contributed by atoms with E-state index in [9.17, 15) is 14.3 Å². The number of hydrogen-bond acceptors (Lipinski definition) is 5. The number of carbonyl (C=O) groups excluding carboxylic acids is 1. The molecule has 4 rings (SSSR count). The summed E-state index contributed by atoms with van der Waals surface area (Å²) >= 11 is 0. The summed E-state index contributed by atoms with van der Waals surface area (Å²) in [6.45, 7) is 1.80. The Hall–Kier alpha value is -2.67. The van der Waals surface area contributed by atoms with E-state index in [1.807, 2.05) is 0 Å². The number of carbonyl (C=O) groups is 1. The van der Waals surface area contributed by atoms with Gasteiger partial charge in [0.2, 0.25) is 5.88 Å². The van der Waals surface area contributed by atoms with Crippen molar-refractivity contribution in [2.75, 3.05) is 26.3 Å². The molecule has 2 fully saturated rings. The van der Waals surface area contributed by atoms with Crippen LogP contribution in [0.25, 0.3) is 0 Å². The molecule has 2 aliphatic rings. The number of phenolic OH excluding ortho intramolecular Hbond substituents is 1. The van der Waals surface area contributed by atoms with E-state index in [4.69, 9.17) is 9.47 Å². The normalized spacial score (nSPS) is 20.8. The third kappa shape index (κ3) is 2.99. The summed E-state index contributed by atoms with van der Waals surface area (Å²) in [5.74, 6) is -0.516.